The number of fused-ring (bicyclic) bond motifs is 1. The summed E-state index contributed by atoms with van der Waals surface area (Å²) in [4.78, 5) is 28.7. The minimum atomic E-state index is -0.825. The number of halogens is 1. The van der Waals surface area contributed by atoms with Crippen molar-refractivity contribution < 1.29 is 9.59 Å². The fraction of sp³-hybridized carbons (Fsp3) is 0.231. The number of carbonyl (C=O) groups excluding carboxylic acids is 2. The van der Waals surface area contributed by atoms with Crippen molar-refractivity contribution in [2.24, 2.45) is 7.05 Å². The van der Waals surface area contributed by atoms with Crippen LogP contribution in [0.2, 0.25) is 5.02 Å². The van der Waals surface area contributed by atoms with Crippen molar-refractivity contribution in [3.05, 3.63) is 88.0 Å². The molecule has 1 unspecified atom stereocenters. The molecule has 1 atom stereocenters. The lowest BCUT2D eigenvalue weighted by atomic mass is 9.95. The number of hydrogen-bond acceptors (Lipinski definition) is 6. The van der Waals surface area contributed by atoms with Gasteiger partial charge in [-0.3, -0.25) is 14.3 Å². The van der Waals surface area contributed by atoms with Crippen LogP contribution >= 0.6 is 11.6 Å². The molecule has 1 aliphatic rings. The minimum absolute atomic E-state index is 0.292. The third-order valence-corrected chi connectivity index (χ3v) is 6.64. The van der Waals surface area contributed by atoms with Crippen LogP contribution in [0.4, 0.5) is 5.69 Å². The topological polar surface area (TPSA) is 111 Å². The molecule has 0 bridgehead atoms. The molecule has 4 aromatic rings. The van der Waals surface area contributed by atoms with E-state index in [-0.39, 0.29) is 11.8 Å². The highest BCUT2D eigenvalue weighted by Crippen LogP contribution is 2.33. The quantitative estimate of drug-likeness (QED) is 0.407. The van der Waals surface area contributed by atoms with Gasteiger partial charge >= 0.3 is 0 Å². The Labute approximate surface area is 218 Å². The molecule has 0 radical (unpaired) electrons. The zero-order chi connectivity index (χ0) is 26.1. The summed E-state index contributed by atoms with van der Waals surface area (Å²) in [5.41, 5.74) is 5.50. The molecule has 0 saturated carbocycles. The lowest BCUT2D eigenvalue weighted by Crippen LogP contribution is -2.45. The number of carbonyl (C=O) groups is 2. The van der Waals surface area contributed by atoms with E-state index < -0.39 is 6.04 Å². The maximum atomic E-state index is 13.6. The third-order valence-electron chi connectivity index (χ3n) is 6.41. The summed E-state index contributed by atoms with van der Waals surface area (Å²) < 4.78 is 3.28. The predicted molar refractivity (Wildman–Crippen MR) is 139 cm³/mol. The van der Waals surface area contributed by atoms with E-state index in [2.05, 4.69) is 25.9 Å². The van der Waals surface area contributed by atoms with Gasteiger partial charge in [-0.2, -0.15) is 9.78 Å². The van der Waals surface area contributed by atoms with E-state index in [0.717, 1.165) is 22.5 Å². The van der Waals surface area contributed by atoms with E-state index in [1.807, 2.05) is 45.2 Å². The van der Waals surface area contributed by atoms with E-state index >= 15 is 0 Å². The van der Waals surface area contributed by atoms with Crippen LogP contribution in [0.25, 0.3) is 11.8 Å². The summed E-state index contributed by atoms with van der Waals surface area (Å²) in [6.45, 7) is 4.21. The predicted octanol–water partition coefficient (Wildman–Crippen LogP) is 3.44. The molecule has 0 spiro atoms. The molecule has 2 aromatic heterocycles. The van der Waals surface area contributed by atoms with Crippen molar-refractivity contribution in [1.29, 1.82) is 0 Å². The highest BCUT2D eigenvalue weighted by molar-refractivity contribution is 6.30. The summed E-state index contributed by atoms with van der Waals surface area (Å²) in [6.07, 6.45) is 5.16. The molecule has 2 amide bonds. The van der Waals surface area contributed by atoms with Crippen LogP contribution in [0.3, 0.4) is 0 Å². The highest BCUT2D eigenvalue weighted by atomic mass is 35.5. The van der Waals surface area contributed by atoms with Crippen LogP contribution in [-0.2, 0) is 23.1 Å². The molecular formula is C26H25ClN8O2. The van der Waals surface area contributed by atoms with Gasteiger partial charge in [0.05, 0.1) is 11.4 Å². The number of amides is 2. The number of rotatable bonds is 5. The SMILES string of the molecule is Cc1ccc(NC(=O)C2c3c(C)nn(C)c3CCN2C(=O)/C=C/c2cc(Cl)ccc2-n2cnnn2)cc1. The summed E-state index contributed by atoms with van der Waals surface area (Å²) in [7, 11) is 1.86. The Morgan fingerprint density at radius 2 is 1.92 bits per heavy atom. The average Bonchev–Trinajstić information content (AvgIpc) is 3.51. The maximum absolute atomic E-state index is 13.6. The first kappa shape index (κ1) is 24.4. The number of nitrogens with one attached hydrogen (secondary N) is 1. The smallest absolute Gasteiger partial charge is 0.251 e. The number of aryl methyl sites for hydroxylation is 3. The molecule has 3 heterocycles. The van der Waals surface area contributed by atoms with Gasteiger partial charge in [0, 0.05) is 53.6 Å². The van der Waals surface area contributed by atoms with Gasteiger partial charge in [0.1, 0.15) is 12.4 Å². The van der Waals surface area contributed by atoms with E-state index in [1.165, 1.54) is 17.1 Å². The van der Waals surface area contributed by atoms with Gasteiger partial charge in [0.2, 0.25) is 5.91 Å². The van der Waals surface area contributed by atoms with E-state index in [1.54, 1.807) is 33.9 Å². The van der Waals surface area contributed by atoms with Crippen LogP contribution in [0.5, 0.6) is 0 Å². The summed E-state index contributed by atoms with van der Waals surface area (Å²) in [5.74, 6) is -0.597. The van der Waals surface area contributed by atoms with E-state index in [9.17, 15) is 9.59 Å². The number of benzene rings is 2. The first-order chi connectivity index (χ1) is 17.8. The minimum Gasteiger partial charge on any atom is -0.324 e. The molecule has 11 heteroatoms. The monoisotopic (exact) mass is 516 g/mol. The normalized spacial score (nSPS) is 15.1. The number of aromatic nitrogens is 6. The van der Waals surface area contributed by atoms with Gasteiger partial charge in [-0.15, -0.1) is 5.10 Å². The average molecular weight is 517 g/mol. The van der Waals surface area contributed by atoms with Crippen molar-refractivity contribution in [2.75, 3.05) is 11.9 Å². The second-order valence-electron chi connectivity index (χ2n) is 8.90. The molecule has 2 aromatic carbocycles. The van der Waals surface area contributed by atoms with Crippen LogP contribution < -0.4 is 5.32 Å². The van der Waals surface area contributed by atoms with Crippen LogP contribution in [0.15, 0.2) is 54.9 Å². The van der Waals surface area contributed by atoms with Crippen molar-refractivity contribution in [2.45, 2.75) is 26.3 Å². The zero-order valence-electron chi connectivity index (χ0n) is 20.6. The third kappa shape index (κ3) is 4.88. The molecular weight excluding hydrogens is 492 g/mol. The number of anilines is 1. The van der Waals surface area contributed by atoms with Gasteiger partial charge in [0.25, 0.3) is 5.91 Å². The lowest BCUT2D eigenvalue weighted by Gasteiger charge is -2.34. The van der Waals surface area contributed by atoms with Gasteiger partial charge in [-0.05, 0) is 60.7 Å². The Hall–Kier alpha value is -4.31. The maximum Gasteiger partial charge on any atom is 0.251 e. The Morgan fingerprint density at radius 3 is 2.65 bits per heavy atom. The molecule has 188 valence electrons. The number of tetrazole rings is 1. The van der Waals surface area contributed by atoms with Gasteiger partial charge < -0.3 is 10.2 Å². The molecule has 0 aliphatic carbocycles. The summed E-state index contributed by atoms with van der Waals surface area (Å²) in [5, 5.41) is 19.3. The van der Waals surface area contributed by atoms with Crippen molar-refractivity contribution in [3.63, 3.8) is 0 Å². The van der Waals surface area contributed by atoms with E-state index in [4.69, 9.17) is 11.6 Å². The second-order valence-corrected chi connectivity index (χ2v) is 9.34. The van der Waals surface area contributed by atoms with Crippen molar-refractivity contribution in [3.8, 4) is 5.69 Å². The number of nitrogens with zero attached hydrogens (tertiary/aromatic N) is 7. The van der Waals surface area contributed by atoms with Gasteiger partial charge in [0.15, 0.2) is 0 Å². The highest BCUT2D eigenvalue weighted by Gasteiger charge is 2.38. The van der Waals surface area contributed by atoms with Crippen molar-refractivity contribution >= 4 is 35.2 Å². The molecule has 0 saturated heterocycles. The van der Waals surface area contributed by atoms with Crippen LogP contribution in [0.1, 0.15) is 34.1 Å². The fourth-order valence-corrected chi connectivity index (χ4v) is 4.82. The van der Waals surface area contributed by atoms with E-state index in [0.29, 0.717) is 34.9 Å². The Kier molecular flexibility index (Phi) is 6.58. The zero-order valence-corrected chi connectivity index (χ0v) is 21.3. The summed E-state index contributed by atoms with van der Waals surface area (Å²) in [6, 6.07) is 11.9. The Bertz CT molecular complexity index is 1490. The fourth-order valence-electron chi connectivity index (χ4n) is 4.64. The summed E-state index contributed by atoms with van der Waals surface area (Å²) >= 11 is 6.22. The molecule has 1 N–H and O–H groups in total. The molecule has 37 heavy (non-hydrogen) atoms. The van der Waals surface area contributed by atoms with Crippen molar-refractivity contribution in [1.82, 2.24) is 34.9 Å². The molecule has 10 nitrogen and oxygen atoms in total. The molecule has 5 rings (SSSR count). The second kappa shape index (κ2) is 9.98. The number of hydrogen-bond donors (Lipinski definition) is 1. The molecule has 0 fully saturated rings. The first-order valence-corrected chi connectivity index (χ1v) is 12.1. The largest absolute Gasteiger partial charge is 0.324 e. The first-order valence-electron chi connectivity index (χ1n) is 11.7. The Morgan fingerprint density at radius 1 is 1.14 bits per heavy atom. The Balaban J connectivity index is 1.47. The van der Waals surface area contributed by atoms with Gasteiger partial charge in [-0.25, -0.2) is 0 Å². The van der Waals surface area contributed by atoms with Gasteiger partial charge in [-0.1, -0.05) is 29.3 Å². The van der Waals surface area contributed by atoms with Crippen LogP contribution in [0, 0.1) is 13.8 Å². The van der Waals surface area contributed by atoms with Crippen LogP contribution in [-0.4, -0.2) is 53.2 Å². The lowest BCUT2D eigenvalue weighted by molar-refractivity contribution is -0.135. The standard InChI is InChI=1S/C26H25ClN8O2/c1-16-4-8-20(9-5-16)29-26(37)25-24-17(2)30-33(3)22(24)12-13-34(25)23(36)11-6-18-14-19(27)7-10-21(18)35-15-28-31-32-35/h4-11,14-15,25H,12-13H2,1-3H3,(H,29,37)/b11-6+. The molecule has 1 aliphatic heterocycles.